The van der Waals surface area contributed by atoms with E-state index in [0.29, 0.717) is 12.3 Å². The molecule has 0 bridgehead atoms. The van der Waals surface area contributed by atoms with Gasteiger partial charge in [0.05, 0.1) is 12.0 Å². The van der Waals surface area contributed by atoms with Crippen LogP contribution in [-0.4, -0.2) is 64.3 Å². The van der Waals surface area contributed by atoms with Crippen LogP contribution >= 0.6 is 0 Å². The average molecular weight is 416 g/mol. The van der Waals surface area contributed by atoms with E-state index in [1.807, 2.05) is 42.5 Å². The number of benzene rings is 1. The van der Waals surface area contributed by atoms with Gasteiger partial charge in [-0.1, -0.05) is 17.3 Å². The van der Waals surface area contributed by atoms with Crippen molar-refractivity contribution in [1.82, 2.24) is 25.0 Å². The molecule has 0 amide bonds. The molecule has 5 rings (SSSR count). The predicted molar refractivity (Wildman–Crippen MR) is 118 cm³/mol. The van der Waals surface area contributed by atoms with Crippen LogP contribution in [0.5, 0.6) is 5.75 Å². The van der Waals surface area contributed by atoms with Crippen molar-refractivity contribution in [2.75, 3.05) is 44.2 Å². The number of hydrogen-bond donors (Lipinski definition) is 0. The Labute approximate surface area is 180 Å². The number of nitrogens with zero attached hydrogens (tertiary/aromatic N) is 6. The molecule has 0 saturated carbocycles. The van der Waals surface area contributed by atoms with Gasteiger partial charge in [0, 0.05) is 56.9 Å². The van der Waals surface area contributed by atoms with Gasteiger partial charge in [-0.15, -0.1) is 0 Å². The summed E-state index contributed by atoms with van der Waals surface area (Å²) in [5.74, 6) is 1.66. The predicted octanol–water partition coefficient (Wildman–Crippen LogP) is 3.27. The van der Waals surface area contributed by atoms with Crippen LogP contribution in [0, 0.1) is 0 Å². The first kappa shape index (κ1) is 19.4. The van der Waals surface area contributed by atoms with Crippen LogP contribution in [-0.2, 0) is 0 Å². The minimum atomic E-state index is 0.544. The summed E-state index contributed by atoms with van der Waals surface area (Å²) in [5, 5.41) is 5.08. The fourth-order valence-corrected chi connectivity index (χ4v) is 3.83. The molecule has 8 nitrogen and oxygen atoms in total. The van der Waals surface area contributed by atoms with Gasteiger partial charge in [-0.2, -0.15) is 0 Å². The van der Waals surface area contributed by atoms with Crippen LogP contribution < -0.4 is 9.64 Å². The monoisotopic (exact) mass is 416 g/mol. The summed E-state index contributed by atoms with van der Waals surface area (Å²) in [7, 11) is 0. The Morgan fingerprint density at radius 3 is 2.61 bits per heavy atom. The van der Waals surface area contributed by atoms with Gasteiger partial charge in [0.1, 0.15) is 11.4 Å². The van der Waals surface area contributed by atoms with Crippen LogP contribution in [0.25, 0.3) is 22.4 Å². The van der Waals surface area contributed by atoms with Gasteiger partial charge in [0.2, 0.25) is 5.95 Å². The molecule has 0 N–H and O–H groups in total. The van der Waals surface area contributed by atoms with E-state index in [9.17, 15) is 0 Å². The minimum Gasteiger partial charge on any atom is -0.494 e. The van der Waals surface area contributed by atoms with Crippen LogP contribution in [0.1, 0.15) is 6.42 Å². The van der Waals surface area contributed by atoms with E-state index < -0.39 is 0 Å². The molecule has 0 unspecified atom stereocenters. The highest BCUT2D eigenvalue weighted by molar-refractivity contribution is 5.89. The highest BCUT2D eigenvalue weighted by Crippen LogP contribution is 2.29. The Bertz CT molecular complexity index is 1130. The molecular formula is C23H24N6O2. The number of pyridine rings is 1. The zero-order valence-corrected chi connectivity index (χ0v) is 17.2. The van der Waals surface area contributed by atoms with Crippen LogP contribution in [0.15, 0.2) is 65.6 Å². The van der Waals surface area contributed by atoms with Crippen LogP contribution in [0.2, 0.25) is 0 Å². The standard InChI is InChI=1S/C23H24N6O2/c1-5-18(21-20-7-2-8-24-22(20)31-27-21)17-19(6-1)30-16-4-11-28-12-14-29(15-13-28)23-25-9-3-10-26-23/h1-3,5-10,17H,4,11-16H2. The minimum absolute atomic E-state index is 0.544. The van der Waals surface area contributed by atoms with Gasteiger partial charge in [0.25, 0.3) is 5.71 Å². The third-order valence-electron chi connectivity index (χ3n) is 5.45. The molecule has 3 aromatic heterocycles. The molecule has 1 aliphatic heterocycles. The fraction of sp³-hybridized carbons (Fsp3) is 0.304. The summed E-state index contributed by atoms with van der Waals surface area (Å²) in [6.45, 7) is 5.62. The van der Waals surface area contributed by atoms with E-state index in [1.54, 1.807) is 18.6 Å². The maximum Gasteiger partial charge on any atom is 0.258 e. The first-order valence-electron chi connectivity index (χ1n) is 10.5. The SMILES string of the molecule is c1cnc(N2CCN(CCCOc3cccc(-c4noc5ncccc45)c3)CC2)nc1. The van der Waals surface area contributed by atoms with Gasteiger partial charge in [-0.05, 0) is 36.8 Å². The van der Waals surface area contributed by atoms with E-state index >= 15 is 0 Å². The maximum absolute atomic E-state index is 6.01. The van der Waals surface area contributed by atoms with Gasteiger partial charge >= 0.3 is 0 Å². The summed E-state index contributed by atoms with van der Waals surface area (Å²) in [5.41, 5.74) is 2.29. The Hall–Kier alpha value is -3.52. The van der Waals surface area contributed by atoms with Gasteiger partial charge in [0.15, 0.2) is 0 Å². The average Bonchev–Trinajstić information content (AvgIpc) is 3.27. The van der Waals surface area contributed by atoms with Crippen molar-refractivity contribution in [1.29, 1.82) is 0 Å². The van der Waals surface area contributed by atoms with E-state index in [2.05, 4.69) is 29.9 Å². The summed E-state index contributed by atoms with van der Waals surface area (Å²) >= 11 is 0. The number of aromatic nitrogens is 4. The Morgan fingerprint density at radius 1 is 0.903 bits per heavy atom. The zero-order chi connectivity index (χ0) is 20.9. The maximum atomic E-state index is 6.01. The lowest BCUT2D eigenvalue weighted by Gasteiger charge is -2.34. The first-order valence-corrected chi connectivity index (χ1v) is 10.5. The molecule has 1 aliphatic rings. The second kappa shape index (κ2) is 9.09. The molecule has 8 heteroatoms. The zero-order valence-electron chi connectivity index (χ0n) is 17.2. The lowest BCUT2D eigenvalue weighted by molar-refractivity contribution is 0.224. The van der Waals surface area contributed by atoms with Crippen LogP contribution in [0.3, 0.4) is 0 Å². The van der Waals surface area contributed by atoms with Gasteiger partial charge in [-0.3, -0.25) is 4.90 Å². The fourth-order valence-electron chi connectivity index (χ4n) is 3.83. The number of ether oxygens (including phenoxy) is 1. The molecule has 1 fully saturated rings. The van der Waals surface area contributed by atoms with Crippen LogP contribution in [0.4, 0.5) is 5.95 Å². The first-order chi connectivity index (χ1) is 15.4. The number of fused-ring (bicyclic) bond motifs is 1. The van der Waals surface area contributed by atoms with Crippen molar-refractivity contribution in [2.24, 2.45) is 0 Å². The molecule has 0 atom stereocenters. The molecule has 0 radical (unpaired) electrons. The highest BCUT2D eigenvalue weighted by Gasteiger charge is 2.18. The molecule has 0 aliphatic carbocycles. The summed E-state index contributed by atoms with van der Waals surface area (Å²) in [6.07, 6.45) is 6.26. The van der Waals surface area contributed by atoms with Crippen molar-refractivity contribution in [3.63, 3.8) is 0 Å². The Kier molecular flexibility index (Phi) is 5.70. The van der Waals surface area contributed by atoms with Gasteiger partial charge in [-0.25, -0.2) is 15.0 Å². The van der Waals surface area contributed by atoms with Gasteiger partial charge < -0.3 is 14.2 Å². The normalized spacial score (nSPS) is 14.8. The molecule has 1 saturated heterocycles. The smallest absolute Gasteiger partial charge is 0.258 e. The van der Waals surface area contributed by atoms with Crippen molar-refractivity contribution in [3.05, 3.63) is 61.1 Å². The lowest BCUT2D eigenvalue weighted by atomic mass is 10.1. The molecule has 158 valence electrons. The number of piperazine rings is 1. The number of anilines is 1. The summed E-state index contributed by atoms with van der Waals surface area (Å²) in [4.78, 5) is 17.6. The second-order valence-corrected chi connectivity index (χ2v) is 7.49. The largest absolute Gasteiger partial charge is 0.494 e. The van der Waals surface area contributed by atoms with Crippen molar-refractivity contribution in [3.8, 4) is 17.0 Å². The quantitative estimate of drug-likeness (QED) is 0.425. The molecule has 0 spiro atoms. The van der Waals surface area contributed by atoms with E-state index in [1.165, 1.54) is 0 Å². The van der Waals surface area contributed by atoms with Crippen molar-refractivity contribution in [2.45, 2.75) is 6.42 Å². The van der Waals surface area contributed by atoms with Crippen molar-refractivity contribution < 1.29 is 9.26 Å². The van der Waals surface area contributed by atoms with E-state index in [0.717, 1.165) is 67.5 Å². The van der Waals surface area contributed by atoms with E-state index in [4.69, 9.17) is 9.26 Å². The Balaban J connectivity index is 1.11. The highest BCUT2D eigenvalue weighted by atomic mass is 16.5. The molecule has 4 aromatic rings. The summed E-state index contributed by atoms with van der Waals surface area (Å²) < 4.78 is 11.3. The third-order valence-corrected chi connectivity index (χ3v) is 5.45. The number of hydrogen-bond acceptors (Lipinski definition) is 8. The lowest BCUT2D eigenvalue weighted by Crippen LogP contribution is -2.47. The second-order valence-electron chi connectivity index (χ2n) is 7.49. The molecule has 31 heavy (non-hydrogen) atoms. The summed E-state index contributed by atoms with van der Waals surface area (Å²) in [6, 6.07) is 13.7. The van der Waals surface area contributed by atoms with Crippen molar-refractivity contribution >= 4 is 17.0 Å². The molecule has 1 aromatic carbocycles. The molecular weight excluding hydrogens is 392 g/mol. The number of rotatable bonds is 7. The molecule has 4 heterocycles. The topological polar surface area (TPSA) is 80.4 Å². The van der Waals surface area contributed by atoms with E-state index in [-0.39, 0.29) is 0 Å². The third kappa shape index (κ3) is 4.49. The Morgan fingerprint density at radius 2 is 1.74 bits per heavy atom.